The van der Waals surface area contributed by atoms with E-state index in [0.29, 0.717) is 6.04 Å². The van der Waals surface area contributed by atoms with Crippen molar-refractivity contribution in [3.8, 4) is 0 Å². The summed E-state index contributed by atoms with van der Waals surface area (Å²) in [5.41, 5.74) is 5.80. The molecule has 4 heteroatoms. The highest BCUT2D eigenvalue weighted by Crippen LogP contribution is 2.06. The van der Waals surface area contributed by atoms with Gasteiger partial charge in [0.1, 0.15) is 0 Å². The van der Waals surface area contributed by atoms with E-state index in [2.05, 4.69) is 35.8 Å². The van der Waals surface area contributed by atoms with Gasteiger partial charge in [-0.3, -0.25) is 0 Å². The van der Waals surface area contributed by atoms with Crippen molar-refractivity contribution >= 4 is 0 Å². The Kier molecular flexibility index (Phi) is 5.53. The molecule has 0 saturated carbocycles. The van der Waals surface area contributed by atoms with E-state index in [-0.39, 0.29) is 0 Å². The van der Waals surface area contributed by atoms with E-state index in [1.807, 2.05) is 0 Å². The van der Waals surface area contributed by atoms with E-state index in [1.165, 1.54) is 19.5 Å². The van der Waals surface area contributed by atoms with Gasteiger partial charge in [0.15, 0.2) is 0 Å². The minimum Gasteiger partial charge on any atom is -0.329 e. The summed E-state index contributed by atoms with van der Waals surface area (Å²) in [6.45, 7) is 6.60. The molecule has 0 spiro atoms. The summed E-state index contributed by atoms with van der Waals surface area (Å²) in [6.07, 6.45) is 1.26. The average molecular weight is 214 g/mol. The maximum atomic E-state index is 5.80. The van der Waals surface area contributed by atoms with Gasteiger partial charge in [-0.05, 0) is 40.7 Å². The second-order valence-corrected chi connectivity index (χ2v) is 4.83. The zero-order chi connectivity index (χ0) is 11.3. The first kappa shape index (κ1) is 12.9. The first-order valence-corrected chi connectivity index (χ1v) is 5.91. The average Bonchev–Trinajstić information content (AvgIpc) is 2.37. The van der Waals surface area contributed by atoms with Crippen LogP contribution in [-0.2, 0) is 0 Å². The van der Waals surface area contributed by atoms with Crippen LogP contribution >= 0.6 is 0 Å². The summed E-state index contributed by atoms with van der Waals surface area (Å²) in [6, 6.07) is 0.537. The van der Waals surface area contributed by atoms with Crippen molar-refractivity contribution in [1.82, 2.24) is 14.7 Å². The normalized spacial score (nSPS) is 25.8. The predicted octanol–water partition coefficient (Wildman–Crippen LogP) is -0.487. The monoisotopic (exact) mass is 214 g/mol. The van der Waals surface area contributed by atoms with Gasteiger partial charge >= 0.3 is 0 Å². The lowest BCUT2D eigenvalue weighted by Gasteiger charge is -2.28. The van der Waals surface area contributed by atoms with E-state index in [9.17, 15) is 0 Å². The van der Waals surface area contributed by atoms with Crippen LogP contribution < -0.4 is 5.73 Å². The van der Waals surface area contributed by atoms with Crippen LogP contribution in [0.4, 0.5) is 0 Å². The molecule has 1 unspecified atom stereocenters. The Hall–Kier alpha value is -0.160. The molecule has 1 rings (SSSR count). The quantitative estimate of drug-likeness (QED) is 0.685. The van der Waals surface area contributed by atoms with Gasteiger partial charge in [-0.15, -0.1) is 0 Å². The zero-order valence-corrected chi connectivity index (χ0v) is 10.4. The molecular formula is C11H26N4. The summed E-state index contributed by atoms with van der Waals surface area (Å²) in [4.78, 5) is 7.18. The van der Waals surface area contributed by atoms with Crippen molar-refractivity contribution in [2.45, 2.75) is 12.5 Å². The second kappa shape index (κ2) is 6.43. The van der Waals surface area contributed by atoms with Crippen LogP contribution in [0.15, 0.2) is 0 Å². The first-order valence-electron chi connectivity index (χ1n) is 5.91. The highest BCUT2D eigenvalue weighted by Gasteiger charge is 2.20. The van der Waals surface area contributed by atoms with Crippen molar-refractivity contribution in [2.24, 2.45) is 5.73 Å². The van der Waals surface area contributed by atoms with Crippen molar-refractivity contribution in [2.75, 3.05) is 60.4 Å². The van der Waals surface area contributed by atoms with Gasteiger partial charge in [-0.1, -0.05) is 0 Å². The molecule has 2 N–H and O–H groups in total. The summed E-state index contributed by atoms with van der Waals surface area (Å²) >= 11 is 0. The molecule has 0 aromatic heterocycles. The molecule has 1 heterocycles. The lowest BCUT2D eigenvalue weighted by Crippen LogP contribution is -2.45. The SMILES string of the molecule is CN(C)CCN1CCCN(C)C(CN)C1. The van der Waals surface area contributed by atoms with Gasteiger partial charge in [-0.2, -0.15) is 0 Å². The van der Waals surface area contributed by atoms with Crippen molar-refractivity contribution in [1.29, 1.82) is 0 Å². The van der Waals surface area contributed by atoms with Gasteiger partial charge in [0.05, 0.1) is 0 Å². The van der Waals surface area contributed by atoms with E-state index >= 15 is 0 Å². The zero-order valence-electron chi connectivity index (χ0n) is 10.4. The Balaban J connectivity index is 2.38. The fourth-order valence-electron chi connectivity index (χ4n) is 2.05. The maximum Gasteiger partial charge on any atom is 0.0342 e. The van der Waals surface area contributed by atoms with Crippen LogP contribution in [0.1, 0.15) is 6.42 Å². The minimum absolute atomic E-state index is 0.537. The Morgan fingerprint density at radius 2 is 2.07 bits per heavy atom. The molecule has 90 valence electrons. The Bertz CT molecular complexity index is 172. The fourth-order valence-corrected chi connectivity index (χ4v) is 2.05. The summed E-state index contributed by atoms with van der Waals surface area (Å²) in [7, 11) is 6.45. The van der Waals surface area contributed by atoms with E-state index in [4.69, 9.17) is 5.73 Å². The van der Waals surface area contributed by atoms with Gasteiger partial charge in [0.25, 0.3) is 0 Å². The molecular weight excluding hydrogens is 188 g/mol. The standard InChI is InChI=1S/C11H26N4/c1-13(2)7-8-15-6-4-5-14(3)11(9-12)10-15/h11H,4-10,12H2,1-3H3. The van der Waals surface area contributed by atoms with Crippen LogP contribution in [0.3, 0.4) is 0 Å². The Labute approximate surface area is 94.0 Å². The number of hydrogen-bond acceptors (Lipinski definition) is 4. The van der Waals surface area contributed by atoms with Crippen molar-refractivity contribution in [3.05, 3.63) is 0 Å². The number of hydrogen-bond donors (Lipinski definition) is 1. The minimum atomic E-state index is 0.537. The molecule has 0 amide bonds. The summed E-state index contributed by atoms with van der Waals surface area (Å²) < 4.78 is 0. The smallest absolute Gasteiger partial charge is 0.0342 e. The Morgan fingerprint density at radius 1 is 1.33 bits per heavy atom. The van der Waals surface area contributed by atoms with Crippen LogP contribution in [0.2, 0.25) is 0 Å². The van der Waals surface area contributed by atoms with E-state index in [1.54, 1.807) is 0 Å². The molecule has 0 aromatic rings. The molecule has 1 atom stereocenters. The maximum absolute atomic E-state index is 5.80. The molecule has 0 aliphatic carbocycles. The second-order valence-electron chi connectivity index (χ2n) is 4.83. The molecule has 1 fully saturated rings. The molecule has 0 radical (unpaired) electrons. The largest absolute Gasteiger partial charge is 0.329 e. The number of rotatable bonds is 4. The number of nitrogens with zero attached hydrogens (tertiary/aromatic N) is 3. The third-order valence-corrected chi connectivity index (χ3v) is 3.21. The Morgan fingerprint density at radius 3 is 2.67 bits per heavy atom. The highest BCUT2D eigenvalue weighted by molar-refractivity contribution is 4.78. The van der Waals surface area contributed by atoms with Gasteiger partial charge in [0, 0.05) is 32.2 Å². The number of nitrogens with two attached hydrogens (primary N) is 1. The molecule has 1 aliphatic rings. The van der Waals surface area contributed by atoms with Crippen molar-refractivity contribution in [3.63, 3.8) is 0 Å². The van der Waals surface area contributed by atoms with E-state index < -0.39 is 0 Å². The van der Waals surface area contributed by atoms with Crippen LogP contribution in [0.25, 0.3) is 0 Å². The summed E-state index contributed by atoms with van der Waals surface area (Å²) in [5, 5.41) is 0. The van der Waals surface area contributed by atoms with Gasteiger partial charge < -0.3 is 20.4 Å². The molecule has 1 saturated heterocycles. The molecule has 0 aromatic carbocycles. The van der Waals surface area contributed by atoms with Crippen LogP contribution in [0, 0.1) is 0 Å². The topological polar surface area (TPSA) is 35.7 Å². The third-order valence-electron chi connectivity index (χ3n) is 3.21. The lowest BCUT2D eigenvalue weighted by molar-refractivity contribution is 0.200. The van der Waals surface area contributed by atoms with E-state index in [0.717, 1.165) is 26.2 Å². The van der Waals surface area contributed by atoms with Crippen molar-refractivity contribution < 1.29 is 0 Å². The molecule has 1 aliphatic heterocycles. The molecule has 15 heavy (non-hydrogen) atoms. The molecule has 0 bridgehead atoms. The number of likely N-dealkylation sites (N-methyl/N-ethyl adjacent to an activating group) is 2. The molecule has 4 nitrogen and oxygen atoms in total. The fraction of sp³-hybridized carbons (Fsp3) is 1.00. The lowest BCUT2D eigenvalue weighted by atomic mass is 10.2. The van der Waals surface area contributed by atoms with Gasteiger partial charge in [-0.25, -0.2) is 0 Å². The highest BCUT2D eigenvalue weighted by atomic mass is 15.2. The first-order chi connectivity index (χ1) is 7.13. The van der Waals surface area contributed by atoms with Crippen LogP contribution in [-0.4, -0.2) is 81.2 Å². The van der Waals surface area contributed by atoms with Gasteiger partial charge in [0.2, 0.25) is 0 Å². The summed E-state index contributed by atoms with van der Waals surface area (Å²) in [5.74, 6) is 0. The van der Waals surface area contributed by atoms with Crippen LogP contribution in [0.5, 0.6) is 0 Å². The predicted molar refractivity (Wildman–Crippen MR) is 65.1 cm³/mol. The third kappa shape index (κ3) is 4.47.